The predicted molar refractivity (Wildman–Crippen MR) is 102 cm³/mol. The Morgan fingerprint density at radius 2 is 1.92 bits per heavy atom. The highest BCUT2D eigenvalue weighted by molar-refractivity contribution is 5.73. The van der Waals surface area contributed by atoms with Crippen LogP contribution in [0.15, 0.2) is 66.9 Å². The summed E-state index contributed by atoms with van der Waals surface area (Å²) in [5, 5.41) is 4.36. The molecule has 0 bridgehead atoms. The Morgan fingerprint density at radius 3 is 2.65 bits per heavy atom. The Bertz CT molecular complexity index is 948. The van der Waals surface area contributed by atoms with Crippen molar-refractivity contribution in [1.82, 2.24) is 14.8 Å². The summed E-state index contributed by atoms with van der Waals surface area (Å²) >= 11 is 0. The van der Waals surface area contributed by atoms with E-state index in [1.165, 1.54) is 6.08 Å². The van der Waals surface area contributed by atoms with E-state index in [1.807, 2.05) is 42.5 Å². The number of nitrogens with two attached hydrogens (primary N) is 1. The van der Waals surface area contributed by atoms with Crippen molar-refractivity contribution >= 4 is 24.4 Å². The first-order valence-electron chi connectivity index (χ1n) is 8.40. The minimum absolute atomic E-state index is 0.422. The summed E-state index contributed by atoms with van der Waals surface area (Å²) in [5.74, 6) is 0.453. The van der Waals surface area contributed by atoms with Gasteiger partial charge in [0.05, 0.1) is 16.8 Å². The number of carbonyl (C=O) groups is 1. The molecule has 0 saturated heterocycles. The minimum Gasteiger partial charge on any atom is -0.382 e. The third kappa shape index (κ3) is 2.54. The first kappa shape index (κ1) is 16.0. The van der Waals surface area contributed by atoms with Crippen LogP contribution < -0.4 is 5.73 Å². The fourth-order valence-corrected chi connectivity index (χ4v) is 3.53. The van der Waals surface area contributed by atoms with Crippen molar-refractivity contribution in [2.75, 3.05) is 5.73 Å². The summed E-state index contributed by atoms with van der Waals surface area (Å²) in [6, 6.07) is 16.2. The fraction of sp³-hybridized carbons (Fsp3) is 0.0952. The normalized spacial score (nSPS) is 18.8. The van der Waals surface area contributed by atoms with Gasteiger partial charge in [-0.2, -0.15) is 5.10 Å². The van der Waals surface area contributed by atoms with Crippen LogP contribution in [0.4, 0.5) is 5.82 Å². The van der Waals surface area contributed by atoms with Crippen LogP contribution in [-0.4, -0.2) is 21.1 Å². The number of pyridine rings is 1. The SMILES string of the molecule is Nc1nn(C=CC=O)c2c1C=CC(c1ccccc1)(c1ccccn1)C2. The number of benzene rings is 1. The van der Waals surface area contributed by atoms with Crippen LogP contribution in [0.2, 0.25) is 0 Å². The van der Waals surface area contributed by atoms with Crippen molar-refractivity contribution in [3.05, 3.63) is 89.4 Å². The van der Waals surface area contributed by atoms with Crippen LogP contribution in [0.1, 0.15) is 22.5 Å². The molecule has 1 aliphatic carbocycles. The van der Waals surface area contributed by atoms with Crippen LogP contribution >= 0.6 is 0 Å². The van der Waals surface area contributed by atoms with E-state index in [0.29, 0.717) is 12.2 Å². The zero-order chi connectivity index (χ0) is 18.0. The Morgan fingerprint density at radius 1 is 1.12 bits per heavy atom. The second-order valence-corrected chi connectivity index (χ2v) is 6.23. The van der Waals surface area contributed by atoms with Gasteiger partial charge in [-0.15, -0.1) is 0 Å². The standard InChI is InChI=1S/C21H18N4O/c22-20-17-10-11-21(16-7-2-1-3-8-16,19-9-4-5-12-23-19)15-18(17)25(24-20)13-6-14-26/h1-14H,15H2,(H2,22,24). The quantitative estimate of drug-likeness (QED) is 0.584. The van der Waals surface area contributed by atoms with Crippen LogP contribution in [0, 0.1) is 0 Å². The molecule has 5 nitrogen and oxygen atoms in total. The van der Waals surface area contributed by atoms with Gasteiger partial charge in [-0.3, -0.25) is 9.78 Å². The Labute approximate surface area is 151 Å². The Balaban J connectivity index is 1.92. The number of anilines is 1. The number of aromatic nitrogens is 3. The third-order valence-electron chi connectivity index (χ3n) is 4.78. The van der Waals surface area contributed by atoms with Gasteiger partial charge in [0.2, 0.25) is 0 Å². The molecule has 0 saturated carbocycles. The molecule has 5 heteroatoms. The average molecular weight is 342 g/mol. The van der Waals surface area contributed by atoms with Gasteiger partial charge < -0.3 is 5.73 Å². The zero-order valence-corrected chi connectivity index (χ0v) is 14.1. The maximum atomic E-state index is 10.7. The van der Waals surface area contributed by atoms with Gasteiger partial charge in [0.1, 0.15) is 6.29 Å². The molecule has 2 heterocycles. The maximum Gasteiger partial charge on any atom is 0.153 e. The van der Waals surface area contributed by atoms with Crippen LogP contribution in [0.3, 0.4) is 0 Å². The van der Waals surface area contributed by atoms with E-state index in [0.717, 1.165) is 28.8 Å². The minimum atomic E-state index is -0.422. The molecular weight excluding hydrogens is 324 g/mol. The second-order valence-electron chi connectivity index (χ2n) is 6.23. The third-order valence-corrected chi connectivity index (χ3v) is 4.78. The summed E-state index contributed by atoms with van der Waals surface area (Å²) in [6.45, 7) is 0. The summed E-state index contributed by atoms with van der Waals surface area (Å²) in [5.41, 5.74) is 9.61. The van der Waals surface area contributed by atoms with Gasteiger partial charge in [0, 0.05) is 24.4 Å². The van der Waals surface area contributed by atoms with Crippen molar-refractivity contribution in [2.45, 2.75) is 11.8 Å². The zero-order valence-electron chi connectivity index (χ0n) is 14.1. The van der Waals surface area contributed by atoms with E-state index < -0.39 is 5.41 Å². The molecule has 1 aromatic carbocycles. The van der Waals surface area contributed by atoms with Gasteiger partial charge in [-0.05, 0) is 23.8 Å². The van der Waals surface area contributed by atoms with Gasteiger partial charge in [-0.1, -0.05) is 48.6 Å². The number of carbonyl (C=O) groups excluding carboxylic acids is 1. The Kier molecular flexibility index (Phi) is 3.97. The summed E-state index contributed by atoms with van der Waals surface area (Å²) in [6.07, 6.45) is 10.4. The lowest BCUT2D eigenvalue weighted by Crippen LogP contribution is -2.32. The number of hydrogen-bond acceptors (Lipinski definition) is 4. The number of hydrogen-bond donors (Lipinski definition) is 1. The maximum absolute atomic E-state index is 10.7. The molecule has 2 N–H and O–H groups in total. The molecule has 2 aromatic heterocycles. The second kappa shape index (κ2) is 6.44. The molecule has 0 aliphatic heterocycles. The molecule has 0 fully saturated rings. The molecule has 4 rings (SSSR count). The van der Waals surface area contributed by atoms with Gasteiger partial charge >= 0.3 is 0 Å². The lowest BCUT2D eigenvalue weighted by Gasteiger charge is -2.33. The van der Waals surface area contributed by atoms with E-state index in [1.54, 1.807) is 17.1 Å². The smallest absolute Gasteiger partial charge is 0.153 e. The van der Waals surface area contributed by atoms with Crippen molar-refractivity contribution < 1.29 is 4.79 Å². The summed E-state index contributed by atoms with van der Waals surface area (Å²) in [7, 11) is 0. The molecule has 3 aromatic rings. The lowest BCUT2D eigenvalue weighted by atomic mass is 9.70. The number of rotatable bonds is 4. The highest BCUT2D eigenvalue weighted by atomic mass is 16.1. The number of nitrogen functional groups attached to an aromatic ring is 1. The highest BCUT2D eigenvalue weighted by Crippen LogP contribution is 2.41. The fourth-order valence-electron chi connectivity index (χ4n) is 3.53. The van der Waals surface area contributed by atoms with E-state index >= 15 is 0 Å². The molecule has 0 spiro atoms. The number of aldehydes is 1. The average Bonchev–Trinajstić information content (AvgIpc) is 3.02. The van der Waals surface area contributed by atoms with Crippen molar-refractivity contribution in [3.63, 3.8) is 0 Å². The van der Waals surface area contributed by atoms with Crippen molar-refractivity contribution in [1.29, 1.82) is 0 Å². The molecule has 26 heavy (non-hydrogen) atoms. The lowest BCUT2D eigenvalue weighted by molar-refractivity contribution is -0.104. The topological polar surface area (TPSA) is 73.8 Å². The number of allylic oxidation sites excluding steroid dienone is 2. The Hall–Kier alpha value is -3.47. The van der Waals surface area contributed by atoms with Gasteiger partial charge in [0.15, 0.2) is 5.82 Å². The van der Waals surface area contributed by atoms with Gasteiger partial charge in [0.25, 0.3) is 0 Å². The first-order chi connectivity index (χ1) is 12.7. The largest absolute Gasteiger partial charge is 0.382 e. The molecule has 1 atom stereocenters. The van der Waals surface area contributed by atoms with Crippen molar-refractivity contribution in [2.24, 2.45) is 0 Å². The summed E-state index contributed by atoms with van der Waals surface area (Å²) < 4.78 is 1.68. The molecule has 128 valence electrons. The summed E-state index contributed by atoms with van der Waals surface area (Å²) in [4.78, 5) is 15.4. The molecular formula is C21H18N4O. The first-order valence-corrected chi connectivity index (χ1v) is 8.40. The van der Waals surface area contributed by atoms with Crippen molar-refractivity contribution in [3.8, 4) is 0 Å². The van der Waals surface area contributed by atoms with Crippen LogP contribution in [-0.2, 0) is 16.6 Å². The van der Waals surface area contributed by atoms with Crippen LogP contribution in [0.5, 0.6) is 0 Å². The van der Waals surface area contributed by atoms with E-state index in [-0.39, 0.29) is 0 Å². The predicted octanol–water partition coefficient (Wildman–Crippen LogP) is 3.09. The van der Waals surface area contributed by atoms with Crippen LogP contribution in [0.25, 0.3) is 12.3 Å². The number of nitrogens with zero attached hydrogens (tertiary/aromatic N) is 3. The molecule has 1 unspecified atom stereocenters. The molecule has 1 aliphatic rings. The highest BCUT2D eigenvalue weighted by Gasteiger charge is 2.38. The van der Waals surface area contributed by atoms with E-state index in [9.17, 15) is 4.79 Å². The molecule has 0 amide bonds. The van der Waals surface area contributed by atoms with Gasteiger partial charge in [-0.25, -0.2) is 4.68 Å². The van der Waals surface area contributed by atoms with E-state index in [4.69, 9.17) is 5.73 Å². The number of fused-ring (bicyclic) bond motifs is 1. The molecule has 0 radical (unpaired) electrons. The van der Waals surface area contributed by atoms with E-state index in [2.05, 4.69) is 28.3 Å². The monoisotopic (exact) mass is 342 g/mol.